The molecule has 0 rings (SSSR count). The Bertz CT molecular complexity index is 199. The van der Waals surface area contributed by atoms with Crippen LogP contribution in [-0.2, 0) is 9.84 Å². The number of sulfone groups is 1. The Morgan fingerprint density at radius 1 is 1.42 bits per heavy atom. The molecule has 12 heavy (non-hydrogen) atoms. The van der Waals surface area contributed by atoms with Gasteiger partial charge in [-0.25, -0.2) is 8.42 Å². The summed E-state index contributed by atoms with van der Waals surface area (Å²) in [5, 5.41) is 2.84. The van der Waals surface area contributed by atoms with Gasteiger partial charge in [-0.1, -0.05) is 20.3 Å². The lowest BCUT2D eigenvalue weighted by molar-refractivity contribution is 0.562. The van der Waals surface area contributed by atoms with Crippen molar-refractivity contribution in [2.24, 2.45) is 5.92 Å². The van der Waals surface area contributed by atoms with E-state index >= 15 is 0 Å². The molecule has 0 aliphatic heterocycles. The first kappa shape index (κ1) is 11.9. The van der Waals surface area contributed by atoms with Gasteiger partial charge in [-0.2, -0.15) is 0 Å². The van der Waals surface area contributed by atoms with E-state index in [0.717, 1.165) is 6.42 Å². The smallest absolute Gasteiger partial charge is 0.151 e. The predicted octanol–water partition coefficient (Wildman–Crippen LogP) is 0.667. The summed E-state index contributed by atoms with van der Waals surface area (Å²) in [4.78, 5) is 0. The summed E-state index contributed by atoms with van der Waals surface area (Å²) < 4.78 is 22.6. The molecule has 3 nitrogen and oxygen atoms in total. The molecule has 0 spiro atoms. The largest absolute Gasteiger partial charge is 0.319 e. The summed E-state index contributed by atoms with van der Waals surface area (Å²) >= 11 is 0. The molecule has 0 aliphatic rings. The summed E-state index contributed by atoms with van der Waals surface area (Å²) in [5.41, 5.74) is 0. The molecule has 74 valence electrons. The molecule has 0 fully saturated rings. The number of hydrogen-bond acceptors (Lipinski definition) is 3. The third kappa shape index (κ3) is 5.55. The van der Waals surface area contributed by atoms with Gasteiger partial charge < -0.3 is 5.32 Å². The van der Waals surface area contributed by atoms with Crippen molar-refractivity contribution < 1.29 is 8.42 Å². The highest BCUT2D eigenvalue weighted by Gasteiger charge is 2.13. The van der Waals surface area contributed by atoms with Crippen LogP contribution < -0.4 is 5.32 Å². The highest BCUT2D eigenvalue weighted by molar-refractivity contribution is 7.91. The summed E-state index contributed by atoms with van der Waals surface area (Å²) in [7, 11) is -1.05. The van der Waals surface area contributed by atoms with Crippen molar-refractivity contribution >= 4 is 9.84 Å². The predicted molar refractivity (Wildman–Crippen MR) is 52.0 cm³/mol. The van der Waals surface area contributed by atoms with Gasteiger partial charge in [0.25, 0.3) is 0 Å². The van der Waals surface area contributed by atoms with Crippen LogP contribution in [0.25, 0.3) is 0 Å². The van der Waals surface area contributed by atoms with E-state index in [0.29, 0.717) is 12.3 Å². The Balaban J connectivity index is 3.88. The van der Waals surface area contributed by atoms with Crippen LogP contribution in [0.4, 0.5) is 0 Å². The normalized spacial score (nSPS) is 14.6. The number of rotatable bonds is 6. The van der Waals surface area contributed by atoms with Gasteiger partial charge in [-0.05, 0) is 13.0 Å². The Labute approximate surface area is 75.5 Å². The summed E-state index contributed by atoms with van der Waals surface area (Å²) in [6.45, 7) is 4.54. The molecule has 1 unspecified atom stereocenters. The molecule has 0 aromatic heterocycles. The van der Waals surface area contributed by atoms with Crippen molar-refractivity contribution in [2.45, 2.75) is 20.3 Å². The standard InChI is InChI=1S/C8H19NO2S/c1-4-8(2)7-12(10,11)6-5-9-3/h8-9H,4-7H2,1-3H3. The van der Waals surface area contributed by atoms with Gasteiger partial charge in [0.15, 0.2) is 9.84 Å². The molecule has 0 aromatic rings. The fourth-order valence-electron chi connectivity index (χ4n) is 0.892. The maximum absolute atomic E-state index is 11.3. The van der Waals surface area contributed by atoms with E-state index in [9.17, 15) is 8.42 Å². The first-order chi connectivity index (χ1) is 5.52. The number of hydrogen-bond donors (Lipinski definition) is 1. The molecule has 0 heterocycles. The molecule has 0 saturated carbocycles. The minimum absolute atomic E-state index is 0.258. The average Bonchev–Trinajstić information content (AvgIpc) is 2.00. The molecular formula is C8H19NO2S. The van der Waals surface area contributed by atoms with Crippen molar-refractivity contribution in [3.63, 3.8) is 0 Å². The lowest BCUT2D eigenvalue weighted by Gasteiger charge is -2.08. The highest BCUT2D eigenvalue weighted by atomic mass is 32.2. The second kappa shape index (κ2) is 5.54. The van der Waals surface area contributed by atoms with Gasteiger partial charge in [0.1, 0.15) is 0 Å². The average molecular weight is 193 g/mol. The van der Waals surface area contributed by atoms with Gasteiger partial charge >= 0.3 is 0 Å². The second-order valence-corrected chi connectivity index (χ2v) is 5.46. The molecule has 1 N–H and O–H groups in total. The quantitative estimate of drug-likeness (QED) is 0.674. The second-order valence-electron chi connectivity index (χ2n) is 3.23. The molecule has 0 saturated heterocycles. The Morgan fingerprint density at radius 2 is 2.00 bits per heavy atom. The van der Waals surface area contributed by atoms with E-state index in [1.807, 2.05) is 13.8 Å². The van der Waals surface area contributed by atoms with E-state index in [2.05, 4.69) is 5.32 Å². The molecule has 0 bridgehead atoms. The monoisotopic (exact) mass is 193 g/mol. The van der Waals surface area contributed by atoms with Crippen LogP contribution in [0.5, 0.6) is 0 Å². The van der Waals surface area contributed by atoms with Gasteiger partial charge in [-0.15, -0.1) is 0 Å². The molecule has 0 radical (unpaired) electrons. The van der Waals surface area contributed by atoms with Gasteiger partial charge in [0.05, 0.1) is 11.5 Å². The first-order valence-electron chi connectivity index (χ1n) is 4.37. The molecular weight excluding hydrogens is 174 g/mol. The fourth-order valence-corrected chi connectivity index (χ4v) is 2.68. The van der Waals surface area contributed by atoms with Crippen LogP contribution in [0.1, 0.15) is 20.3 Å². The van der Waals surface area contributed by atoms with E-state index in [1.165, 1.54) is 0 Å². The molecule has 0 aliphatic carbocycles. The minimum atomic E-state index is -2.82. The van der Waals surface area contributed by atoms with E-state index < -0.39 is 9.84 Å². The van der Waals surface area contributed by atoms with E-state index in [4.69, 9.17) is 0 Å². The van der Waals surface area contributed by atoms with Crippen molar-refractivity contribution in [1.29, 1.82) is 0 Å². The molecule has 1 atom stereocenters. The molecule has 0 amide bonds. The van der Waals surface area contributed by atoms with Gasteiger partial charge in [0.2, 0.25) is 0 Å². The summed E-state index contributed by atoms with van der Waals surface area (Å²) in [6.07, 6.45) is 0.929. The van der Waals surface area contributed by atoms with Crippen LogP contribution in [-0.4, -0.2) is 33.5 Å². The van der Waals surface area contributed by atoms with Gasteiger partial charge in [0, 0.05) is 6.54 Å². The Kier molecular flexibility index (Phi) is 5.50. The molecule has 4 heteroatoms. The van der Waals surface area contributed by atoms with Crippen molar-refractivity contribution in [2.75, 3.05) is 25.1 Å². The zero-order chi connectivity index (χ0) is 9.61. The van der Waals surface area contributed by atoms with E-state index in [1.54, 1.807) is 7.05 Å². The third-order valence-electron chi connectivity index (χ3n) is 1.90. The Morgan fingerprint density at radius 3 is 2.42 bits per heavy atom. The minimum Gasteiger partial charge on any atom is -0.319 e. The SMILES string of the molecule is CCC(C)CS(=O)(=O)CCNC. The van der Waals surface area contributed by atoms with Crippen LogP contribution in [0.2, 0.25) is 0 Å². The number of nitrogens with one attached hydrogen (secondary N) is 1. The lowest BCUT2D eigenvalue weighted by Crippen LogP contribution is -2.23. The van der Waals surface area contributed by atoms with Gasteiger partial charge in [-0.3, -0.25) is 0 Å². The topological polar surface area (TPSA) is 46.2 Å². The van der Waals surface area contributed by atoms with Crippen LogP contribution in [0, 0.1) is 5.92 Å². The maximum Gasteiger partial charge on any atom is 0.151 e. The Hall–Kier alpha value is -0.0900. The summed E-state index contributed by atoms with van der Waals surface area (Å²) in [5.74, 6) is 0.866. The van der Waals surface area contributed by atoms with Crippen LogP contribution in [0.15, 0.2) is 0 Å². The van der Waals surface area contributed by atoms with Crippen molar-refractivity contribution in [3.05, 3.63) is 0 Å². The van der Waals surface area contributed by atoms with E-state index in [-0.39, 0.29) is 11.7 Å². The molecule has 0 aromatic carbocycles. The first-order valence-corrected chi connectivity index (χ1v) is 6.19. The van der Waals surface area contributed by atoms with Crippen molar-refractivity contribution in [3.8, 4) is 0 Å². The lowest BCUT2D eigenvalue weighted by atomic mass is 10.2. The maximum atomic E-state index is 11.3. The van der Waals surface area contributed by atoms with Crippen LogP contribution in [0.3, 0.4) is 0 Å². The third-order valence-corrected chi connectivity index (χ3v) is 3.80. The zero-order valence-corrected chi connectivity index (χ0v) is 8.95. The highest BCUT2D eigenvalue weighted by Crippen LogP contribution is 2.05. The summed E-state index contributed by atoms with van der Waals surface area (Å²) in [6, 6.07) is 0. The van der Waals surface area contributed by atoms with Crippen LogP contribution >= 0.6 is 0 Å². The van der Waals surface area contributed by atoms with Crippen molar-refractivity contribution in [1.82, 2.24) is 5.32 Å². The fraction of sp³-hybridized carbons (Fsp3) is 1.00. The zero-order valence-electron chi connectivity index (χ0n) is 8.13.